The molecule has 1 rings (SSSR count). The van der Waals surface area contributed by atoms with Crippen LogP contribution in [-0.2, 0) is 4.57 Å². The maximum Gasteiger partial charge on any atom is 0.364 e. The van der Waals surface area contributed by atoms with Crippen LogP contribution in [0.25, 0.3) is 0 Å². The van der Waals surface area contributed by atoms with Gasteiger partial charge >= 0.3 is 7.60 Å². The summed E-state index contributed by atoms with van der Waals surface area (Å²) in [6, 6.07) is -0.141. The Morgan fingerprint density at radius 1 is 1.06 bits per heavy atom. The quantitative estimate of drug-likeness (QED) is 0.372. The molecule has 0 aliphatic rings. The standard InChI is InChI=1S/C7H4F5O3P/c8-3-1-2(7(12)16(13,14)15)4(9)6(11)5(3)10/h1,7H,(H2,13,14,15). The van der Waals surface area contributed by atoms with Crippen molar-refractivity contribution in [3.8, 4) is 0 Å². The summed E-state index contributed by atoms with van der Waals surface area (Å²) in [6.45, 7) is 0. The van der Waals surface area contributed by atoms with Crippen LogP contribution in [0, 0.1) is 23.3 Å². The molecule has 1 aromatic rings. The average Bonchev–Trinajstić information content (AvgIpc) is 2.18. The second kappa shape index (κ2) is 4.12. The smallest absolute Gasteiger partial charge is 0.322 e. The molecule has 16 heavy (non-hydrogen) atoms. The number of halogens is 5. The lowest BCUT2D eigenvalue weighted by Gasteiger charge is -2.12. The fraction of sp³-hybridized carbons (Fsp3) is 0.143. The third-order valence-electron chi connectivity index (χ3n) is 1.68. The van der Waals surface area contributed by atoms with Gasteiger partial charge in [-0.15, -0.1) is 0 Å². The predicted octanol–water partition coefficient (Wildman–Crippen LogP) is 2.39. The lowest BCUT2D eigenvalue weighted by Crippen LogP contribution is -2.04. The molecule has 0 spiro atoms. The van der Waals surface area contributed by atoms with E-state index in [0.717, 1.165) is 0 Å². The number of hydrogen-bond donors (Lipinski definition) is 2. The summed E-state index contributed by atoms with van der Waals surface area (Å²) >= 11 is 0. The van der Waals surface area contributed by atoms with Gasteiger partial charge in [-0.05, 0) is 6.07 Å². The van der Waals surface area contributed by atoms with Crippen molar-refractivity contribution in [2.75, 3.05) is 0 Å². The van der Waals surface area contributed by atoms with Crippen LogP contribution in [0.1, 0.15) is 11.5 Å². The first-order valence-electron chi connectivity index (χ1n) is 3.68. The number of benzene rings is 1. The second-order valence-electron chi connectivity index (χ2n) is 2.81. The number of alkyl halides is 1. The molecule has 1 atom stereocenters. The first-order valence-corrected chi connectivity index (χ1v) is 5.36. The van der Waals surface area contributed by atoms with Crippen molar-refractivity contribution < 1.29 is 36.3 Å². The monoisotopic (exact) mass is 262 g/mol. The lowest BCUT2D eigenvalue weighted by atomic mass is 10.2. The third kappa shape index (κ3) is 2.23. The Morgan fingerprint density at radius 3 is 2.00 bits per heavy atom. The first-order chi connectivity index (χ1) is 7.16. The van der Waals surface area contributed by atoms with Crippen molar-refractivity contribution in [1.82, 2.24) is 0 Å². The molecule has 0 heterocycles. The summed E-state index contributed by atoms with van der Waals surface area (Å²) in [5, 5.41) is 0. The van der Waals surface area contributed by atoms with E-state index in [4.69, 9.17) is 9.79 Å². The molecular weight excluding hydrogens is 258 g/mol. The van der Waals surface area contributed by atoms with E-state index in [9.17, 15) is 26.5 Å². The molecule has 0 radical (unpaired) electrons. The molecule has 0 amide bonds. The highest BCUT2D eigenvalue weighted by Crippen LogP contribution is 2.53. The second-order valence-corrected chi connectivity index (χ2v) is 4.45. The van der Waals surface area contributed by atoms with Crippen molar-refractivity contribution in [1.29, 1.82) is 0 Å². The van der Waals surface area contributed by atoms with Crippen LogP contribution in [0.2, 0.25) is 0 Å². The average molecular weight is 262 g/mol. The minimum absolute atomic E-state index is 0.141. The molecule has 0 saturated heterocycles. The zero-order valence-corrected chi connectivity index (χ0v) is 8.19. The Kier molecular flexibility index (Phi) is 3.37. The van der Waals surface area contributed by atoms with Gasteiger partial charge in [0.25, 0.3) is 0 Å². The summed E-state index contributed by atoms with van der Waals surface area (Å²) in [7, 11) is -5.42. The zero-order chi connectivity index (χ0) is 12.7. The molecule has 1 aromatic carbocycles. The van der Waals surface area contributed by atoms with Crippen LogP contribution in [0.4, 0.5) is 22.0 Å². The van der Waals surface area contributed by atoms with Gasteiger partial charge in [-0.25, -0.2) is 22.0 Å². The molecule has 0 bridgehead atoms. The highest BCUT2D eigenvalue weighted by atomic mass is 31.2. The van der Waals surface area contributed by atoms with Gasteiger partial charge in [-0.3, -0.25) is 4.57 Å². The predicted molar refractivity (Wildman–Crippen MR) is 42.2 cm³/mol. The fourth-order valence-electron chi connectivity index (χ4n) is 0.946. The molecule has 2 N–H and O–H groups in total. The Balaban J connectivity index is 3.42. The van der Waals surface area contributed by atoms with Gasteiger partial charge in [0.2, 0.25) is 5.91 Å². The Labute approximate surface area is 85.7 Å². The van der Waals surface area contributed by atoms with E-state index in [-0.39, 0.29) is 6.07 Å². The Morgan fingerprint density at radius 2 is 1.56 bits per heavy atom. The highest BCUT2D eigenvalue weighted by Gasteiger charge is 2.35. The van der Waals surface area contributed by atoms with E-state index < -0.39 is 42.3 Å². The van der Waals surface area contributed by atoms with Crippen LogP contribution >= 0.6 is 7.60 Å². The molecule has 90 valence electrons. The van der Waals surface area contributed by atoms with Crippen LogP contribution in [0.5, 0.6) is 0 Å². The van der Waals surface area contributed by atoms with Gasteiger partial charge in [0.15, 0.2) is 23.3 Å². The topological polar surface area (TPSA) is 57.5 Å². The van der Waals surface area contributed by atoms with Crippen LogP contribution < -0.4 is 0 Å². The minimum Gasteiger partial charge on any atom is -0.322 e. The Bertz CT molecular complexity index is 472. The fourth-order valence-corrected chi connectivity index (χ4v) is 1.50. The molecular formula is C7H4F5O3P. The number of rotatable bonds is 2. The van der Waals surface area contributed by atoms with Gasteiger partial charge in [-0.1, -0.05) is 0 Å². The molecule has 9 heteroatoms. The van der Waals surface area contributed by atoms with Crippen molar-refractivity contribution in [2.45, 2.75) is 5.91 Å². The SMILES string of the molecule is O=P(O)(O)C(F)c1cc(F)c(F)c(F)c1F. The lowest BCUT2D eigenvalue weighted by molar-refractivity contribution is 0.294. The first kappa shape index (κ1) is 13.1. The maximum absolute atomic E-state index is 12.9. The van der Waals surface area contributed by atoms with E-state index >= 15 is 0 Å². The van der Waals surface area contributed by atoms with Gasteiger partial charge in [0.1, 0.15) is 0 Å². The van der Waals surface area contributed by atoms with Gasteiger partial charge in [0.05, 0.1) is 0 Å². The van der Waals surface area contributed by atoms with E-state index in [1.807, 2.05) is 0 Å². The third-order valence-corrected chi connectivity index (χ3v) is 2.55. The van der Waals surface area contributed by atoms with Gasteiger partial charge < -0.3 is 9.79 Å². The summed E-state index contributed by atoms with van der Waals surface area (Å²) in [4.78, 5) is 16.7. The molecule has 0 aliphatic carbocycles. The molecule has 0 saturated carbocycles. The maximum atomic E-state index is 12.9. The normalized spacial score (nSPS) is 13.9. The van der Waals surface area contributed by atoms with E-state index in [1.54, 1.807) is 0 Å². The van der Waals surface area contributed by atoms with Crippen molar-refractivity contribution in [3.05, 3.63) is 34.9 Å². The van der Waals surface area contributed by atoms with Gasteiger partial charge in [0, 0.05) is 5.56 Å². The Hall–Kier alpha value is -0.980. The van der Waals surface area contributed by atoms with Gasteiger partial charge in [-0.2, -0.15) is 0 Å². The van der Waals surface area contributed by atoms with Crippen molar-refractivity contribution in [2.24, 2.45) is 0 Å². The number of hydrogen-bond acceptors (Lipinski definition) is 1. The van der Waals surface area contributed by atoms with Crippen molar-refractivity contribution in [3.63, 3.8) is 0 Å². The molecule has 3 nitrogen and oxygen atoms in total. The van der Waals surface area contributed by atoms with Crippen LogP contribution in [0.3, 0.4) is 0 Å². The van der Waals surface area contributed by atoms with Crippen molar-refractivity contribution >= 4 is 7.60 Å². The van der Waals surface area contributed by atoms with E-state index in [1.165, 1.54) is 0 Å². The minimum atomic E-state index is -5.42. The van der Waals surface area contributed by atoms with E-state index in [0.29, 0.717) is 0 Å². The summed E-state index contributed by atoms with van der Waals surface area (Å²) < 4.78 is 73.8. The summed E-state index contributed by atoms with van der Waals surface area (Å²) in [5.41, 5.74) is -1.57. The van der Waals surface area contributed by atoms with Crippen LogP contribution in [0.15, 0.2) is 6.07 Å². The summed E-state index contributed by atoms with van der Waals surface area (Å²) in [6.07, 6.45) is 0. The molecule has 0 aliphatic heterocycles. The van der Waals surface area contributed by atoms with E-state index in [2.05, 4.69) is 0 Å². The van der Waals surface area contributed by atoms with Crippen LogP contribution in [-0.4, -0.2) is 9.79 Å². The largest absolute Gasteiger partial charge is 0.364 e. The highest BCUT2D eigenvalue weighted by molar-refractivity contribution is 7.51. The summed E-state index contributed by atoms with van der Waals surface area (Å²) in [5.74, 6) is -11.9. The molecule has 0 aromatic heterocycles. The zero-order valence-electron chi connectivity index (χ0n) is 7.29. The molecule has 0 fully saturated rings. The molecule has 1 unspecified atom stereocenters.